The zero-order valence-corrected chi connectivity index (χ0v) is 14.2. The van der Waals surface area contributed by atoms with Crippen molar-refractivity contribution in [2.75, 3.05) is 25.8 Å². The molecule has 2 amide bonds. The highest BCUT2D eigenvalue weighted by Gasteiger charge is 2.08. The summed E-state index contributed by atoms with van der Waals surface area (Å²) >= 11 is 5.91. The molecule has 2 rings (SSSR count). The summed E-state index contributed by atoms with van der Waals surface area (Å²) in [7, 11) is 1.52. The molecular weight excluding hydrogens is 332 g/mol. The van der Waals surface area contributed by atoms with E-state index in [0.717, 1.165) is 5.75 Å². The topological polar surface area (TPSA) is 68.8 Å². The van der Waals surface area contributed by atoms with Crippen molar-refractivity contribution in [1.82, 2.24) is 5.32 Å². The molecule has 0 aliphatic heterocycles. The van der Waals surface area contributed by atoms with Crippen molar-refractivity contribution in [3.63, 3.8) is 0 Å². The van der Waals surface area contributed by atoms with Crippen molar-refractivity contribution < 1.29 is 19.0 Å². The van der Waals surface area contributed by atoms with E-state index in [2.05, 4.69) is 10.6 Å². The van der Waals surface area contributed by atoms with Gasteiger partial charge in [0.2, 0.25) is 0 Å². The number of benzene rings is 2. The van der Waals surface area contributed by atoms with E-state index in [9.17, 15) is 4.79 Å². The first-order valence-electron chi connectivity index (χ1n) is 7.36. The SMILES string of the molecule is CCOc1ccc(OCNC(=O)Nc2cc(Cl)ccc2OC)cc1. The van der Waals surface area contributed by atoms with Crippen LogP contribution < -0.4 is 24.8 Å². The van der Waals surface area contributed by atoms with Gasteiger partial charge in [0.25, 0.3) is 0 Å². The Kier molecular flexibility index (Phi) is 6.57. The summed E-state index contributed by atoms with van der Waals surface area (Å²) in [5, 5.41) is 5.74. The molecule has 0 bridgehead atoms. The van der Waals surface area contributed by atoms with Gasteiger partial charge in [0, 0.05) is 5.02 Å². The maximum absolute atomic E-state index is 11.9. The smallest absolute Gasteiger partial charge is 0.321 e. The van der Waals surface area contributed by atoms with Crippen LogP contribution in [0, 0.1) is 0 Å². The summed E-state index contributed by atoms with van der Waals surface area (Å²) in [6, 6.07) is 11.7. The Morgan fingerprint density at radius 1 is 1.08 bits per heavy atom. The van der Waals surface area contributed by atoms with E-state index in [1.165, 1.54) is 7.11 Å². The van der Waals surface area contributed by atoms with Gasteiger partial charge in [-0.3, -0.25) is 0 Å². The molecule has 0 aliphatic rings. The molecule has 2 aromatic rings. The van der Waals surface area contributed by atoms with E-state index in [1.54, 1.807) is 42.5 Å². The molecule has 6 nitrogen and oxygen atoms in total. The summed E-state index contributed by atoms with van der Waals surface area (Å²) in [5.74, 6) is 1.91. The van der Waals surface area contributed by atoms with Crippen LogP contribution >= 0.6 is 11.6 Å². The van der Waals surface area contributed by atoms with Gasteiger partial charge in [-0.2, -0.15) is 0 Å². The third-order valence-corrected chi connectivity index (χ3v) is 3.25. The van der Waals surface area contributed by atoms with E-state index < -0.39 is 6.03 Å². The molecule has 0 aliphatic carbocycles. The number of hydrogen-bond acceptors (Lipinski definition) is 4. The van der Waals surface area contributed by atoms with E-state index in [0.29, 0.717) is 28.8 Å². The van der Waals surface area contributed by atoms with Crippen molar-refractivity contribution in [2.45, 2.75) is 6.92 Å². The van der Waals surface area contributed by atoms with Gasteiger partial charge in [-0.05, 0) is 49.4 Å². The quantitative estimate of drug-likeness (QED) is 0.743. The van der Waals surface area contributed by atoms with Crippen molar-refractivity contribution >= 4 is 23.3 Å². The zero-order chi connectivity index (χ0) is 17.4. The van der Waals surface area contributed by atoms with Crippen molar-refractivity contribution in [2.24, 2.45) is 0 Å². The minimum absolute atomic E-state index is 0.0166. The molecule has 0 saturated heterocycles. The first-order chi connectivity index (χ1) is 11.6. The minimum atomic E-state index is -0.429. The molecular formula is C17H19ClN2O4. The average molecular weight is 351 g/mol. The number of rotatable bonds is 7. The number of nitrogens with one attached hydrogen (secondary N) is 2. The molecule has 0 heterocycles. The number of urea groups is 1. The number of ether oxygens (including phenoxy) is 3. The molecule has 2 N–H and O–H groups in total. The maximum atomic E-state index is 11.9. The molecule has 0 saturated carbocycles. The summed E-state index contributed by atoms with van der Waals surface area (Å²) in [4.78, 5) is 11.9. The predicted molar refractivity (Wildman–Crippen MR) is 93.3 cm³/mol. The standard InChI is InChI=1S/C17H19ClN2O4/c1-3-23-13-5-7-14(8-6-13)24-11-19-17(21)20-15-10-12(18)4-9-16(15)22-2/h4-10H,3,11H2,1-2H3,(H2,19,20,21). The fourth-order valence-corrected chi connectivity index (χ4v) is 2.10. The Morgan fingerprint density at radius 2 is 1.75 bits per heavy atom. The second kappa shape index (κ2) is 8.88. The lowest BCUT2D eigenvalue weighted by Crippen LogP contribution is -2.32. The Bertz CT molecular complexity index is 677. The second-order valence-corrected chi connectivity index (χ2v) is 5.11. The lowest BCUT2D eigenvalue weighted by molar-refractivity contribution is 0.234. The van der Waals surface area contributed by atoms with Crippen LogP contribution in [0.5, 0.6) is 17.2 Å². The highest BCUT2D eigenvalue weighted by atomic mass is 35.5. The van der Waals surface area contributed by atoms with E-state index in [-0.39, 0.29) is 6.73 Å². The average Bonchev–Trinajstić information content (AvgIpc) is 2.57. The lowest BCUT2D eigenvalue weighted by atomic mass is 10.3. The van der Waals surface area contributed by atoms with Crippen molar-refractivity contribution in [1.29, 1.82) is 0 Å². The number of carbonyl (C=O) groups is 1. The van der Waals surface area contributed by atoms with Crippen molar-refractivity contribution in [3.05, 3.63) is 47.5 Å². The van der Waals surface area contributed by atoms with Gasteiger partial charge in [-0.15, -0.1) is 0 Å². The number of halogens is 1. The van der Waals surface area contributed by atoms with E-state index in [4.69, 9.17) is 25.8 Å². The molecule has 0 spiro atoms. The first kappa shape index (κ1) is 17.7. The van der Waals surface area contributed by atoms with Gasteiger partial charge in [0.05, 0.1) is 19.4 Å². The summed E-state index contributed by atoms with van der Waals surface area (Å²) in [6.07, 6.45) is 0. The molecule has 0 radical (unpaired) electrons. The third kappa shape index (κ3) is 5.24. The number of anilines is 1. The van der Waals surface area contributed by atoms with Crippen LogP contribution in [0.4, 0.5) is 10.5 Å². The first-order valence-corrected chi connectivity index (χ1v) is 7.74. The van der Waals surface area contributed by atoms with E-state index in [1.807, 2.05) is 6.92 Å². The second-order valence-electron chi connectivity index (χ2n) is 4.67. The molecule has 0 atom stereocenters. The molecule has 0 fully saturated rings. The third-order valence-electron chi connectivity index (χ3n) is 3.02. The molecule has 0 unspecified atom stereocenters. The van der Waals surface area contributed by atoms with Gasteiger partial charge in [0.1, 0.15) is 17.2 Å². The number of methoxy groups -OCH3 is 1. The fourth-order valence-electron chi connectivity index (χ4n) is 1.93. The monoisotopic (exact) mass is 350 g/mol. The largest absolute Gasteiger partial charge is 0.495 e. The highest BCUT2D eigenvalue weighted by molar-refractivity contribution is 6.31. The van der Waals surface area contributed by atoms with E-state index >= 15 is 0 Å². The van der Waals surface area contributed by atoms with Gasteiger partial charge < -0.3 is 24.8 Å². The van der Waals surface area contributed by atoms with Crippen LogP contribution in [0.3, 0.4) is 0 Å². The number of carbonyl (C=O) groups excluding carboxylic acids is 1. The summed E-state index contributed by atoms with van der Waals surface area (Å²) < 4.78 is 15.9. The Morgan fingerprint density at radius 3 is 2.38 bits per heavy atom. The van der Waals surface area contributed by atoms with Gasteiger partial charge >= 0.3 is 6.03 Å². The number of amides is 2. The summed E-state index contributed by atoms with van der Waals surface area (Å²) in [5.41, 5.74) is 0.476. The highest BCUT2D eigenvalue weighted by Crippen LogP contribution is 2.27. The van der Waals surface area contributed by atoms with Gasteiger partial charge in [-0.25, -0.2) is 4.79 Å². The Balaban J connectivity index is 1.82. The predicted octanol–water partition coefficient (Wildman–Crippen LogP) is 3.91. The fraction of sp³-hybridized carbons (Fsp3) is 0.235. The number of hydrogen-bond donors (Lipinski definition) is 2. The molecule has 2 aromatic carbocycles. The zero-order valence-electron chi connectivity index (χ0n) is 13.5. The molecule has 0 aromatic heterocycles. The maximum Gasteiger partial charge on any atom is 0.321 e. The summed E-state index contributed by atoms with van der Waals surface area (Å²) in [6.45, 7) is 2.54. The minimum Gasteiger partial charge on any atom is -0.495 e. The Labute approximate surface area is 145 Å². The van der Waals surface area contributed by atoms with Crippen LogP contribution in [0.25, 0.3) is 0 Å². The van der Waals surface area contributed by atoms with Crippen LogP contribution in [-0.4, -0.2) is 26.5 Å². The lowest BCUT2D eigenvalue weighted by Gasteiger charge is -2.12. The van der Waals surface area contributed by atoms with Crippen LogP contribution in [0.2, 0.25) is 5.02 Å². The Hall–Kier alpha value is -2.60. The van der Waals surface area contributed by atoms with Crippen LogP contribution in [0.15, 0.2) is 42.5 Å². The van der Waals surface area contributed by atoms with Crippen LogP contribution in [0.1, 0.15) is 6.92 Å². The van der Waals surface area contributed by atoms with Gasteiger partial charge in [-0.1, -0.05) is 11.6 Å². The van der Waals surface area contributed by atoms with Crippen molar-refractivity contribution in [3.8, 4) is 17.2 Å². The molecule has 24 heavy (non-hydrogen) atoms. The van der Waals surface area contributed by atoms with Crippen LogP contribution in [-0.2, 0) is 0 Å². The van der Waals surface area contributed by atoms with Gasteiger partial charge in [0.15, 0.2) is 6.73 Å². The molecule has 128 valence electrons. The normalized spacial score (nSPS) is 9.96. The molecule has 7 heteroatoms.